The molecule has 27 heteroatoms. The van der Waals surface area contributed by atoms with Gasteiger partial charge < -0.3 is 52.3 Å². The predicted molar refractivity (Wildman–Crippen MR) is 338 cm³/mol. The van der Waals surface area contributed by atoms with Crippen molar-refractivity contribution in [3.8, 4) is 51.0 Å². The highest BCUT2D eigenvalue weighted by atomic mass is 35.5. The summed E-state index contributed by atoms with van der Waals surface area (Å²) in [5, 5.41) is 14.2. The number of rotatable bonds is 12. The Morgan fingerprint density at radius 3 is 1.29 bits per heavy atom. The van der Waals surface area contributed by atoms with Crippen molar-refractivity contribution in [2.75, 3.05) is 76.8 Å². The number of nitrogen functional groups attached to an aromatic ring is 3. The van der Waals surface area contributed by atoms with Crippen LogP contribution in [0.1, 0.15) is 67.1 Å². The molecule has 9 N–H and O–H groups in total. The Bertz CT molecular complexity index is 4100. The molecule has 0 spiro atoms. The number of thiophene rings is 3. The van der Waals surface area contributed by atoms with E-state index < -0.39 is 0 Å². The summed E-state index contributed by atoms with van der Waals surface area (Å²) >= 11 is 42.5. The van der Waals surface area contributed by atoms with Crippen LogP contribution in [0.2, 0.25) is 30.1 Å². The molecule has 0 atom stereocenters. The van der Waals surface area contributed by atoms with Gasteiger partial charge >= 0.3 is 0 Å². The van der Waals surface area contributed by atoms with Crippen LogP contribution in [0.15, 0.2) is 43.0 Å². The fourth-order valence-electron chi connectivity index (χ4n) is 10.3. The van der Waals surface area contributed by atoms with Crippen molar-refractivity contribution in [2.45, 2.75) is 45.4 Å². The fraction of sp³-hybridized carbons (Fsp3) is 0.286. The first kappa shape index (κ1) is 58.5. The Morgan fingerprint density at radius 2 is 0.916 bits per heavy atom. The molecular formula is C56H51Cl6N13O5S3. The number of carbonyl (C=O) groups is 2. The van der Waals surface area contributed by atoms with Gasteiger partial charge in [-0.1, -0.05) is 83.1 Å². The molecule has 18 nitrogen and oxygen atoms in total. The second kappa shape index (κ2) is 24.8. The van der Waals surface area contributed by atoms with Crippen LogP contribution in [0.5, 0.6) is 17.2 Å². The van der Waals surface area contributed by atoms with Crippen LogP contribution in [-0.2, 0) is 19.3 Å². The second-order valence-corrected chi connectivity index (χ2v) is 25.0. The van der Waals surface area contributed by atoms with E-state index in [2.05, 4.69) is 57.3 Å². The molecule has 6 aromatic heterocycles. The summed E-state index contributed by atoms with van der Waals surface area (Å²) in [6.45, 7) is 11.9. The van der Waals surface area contributed by atoms with Crippen molar-refractivity contribution in [1.82, 2.24) is 50.8 Å². The standard InChI is InChI=1S/C21H21Cl2N5O2S.C18H16Cl2N4O2S.C17H14Cl2N4OS/c22-13-10-14(23)18-11(3-8-30-18)16(13)17-12-9-15(31-20(12)27-21(24)26-17)19(29)25-4-7-28-5-1-2-6-28;1-2-4-22-16(25)12-6-9-14(23-18(21)24-17(9)27-12)13-8-3-5-26-15(8)11(20)7-10(13)19;1-7(21-2)12-5-9-14(22-17(20)23-16(9)25-12)13-8-3-4-24-15(8)11(19)6-10(13)18/h9-10H,1-8H2,(H,25,29)(H2,24,26,27);6-7H,2-5H2,1H3,(H,22,25)(H2,21,23,24);5-6,21H,1,3-4H2,2H3,(H2,20,22,23). The number of fused-ring (bicyclic) bond motifs is 6. The van der Waals surface area contributed by atoms with Crippen molar-refractivity contribution in [1.29, 1.82) is 0 Å². The summed E-state index contributed by atoms with van der Waals surface area (Å²) in [5.74, 6) is 2.11. The maximum atomic E-state index is 12.8. The lowest BCUT2D eigenvalue weighted by molar-refractivity contribution is 0.0947. The van der Waals surface area contributed by atoms with Gasteiger partial charge in [-0.25, -0.2) is 29.9 Å². The number of amides is 2. The van der Waals surface area contributed by atoms with E-state index in [0.29, 0.717) is 130 Å². The highest BCUT2D eigenvalue weighted by Gasteiger charge is 2.30. The number of aromatic nitrogens is 6. The minimum atomic E-state index is -0.139. The van der Waals surface area contributed by atoms with Crippen LogP contribution < -0.4 is 47.4 Å². The number of halogens is 6. The van der Waals surface area contributed by atoms with Gasteiger partial charge in [0.25, 0.3) is 11.8 Å². The molecule has 4 aliphatic rings. The summed E-state index contributed by atoms with van der Waals surface area (Å²) in [7, 11) is 1.83. The zero-order valence-corrected chi connectivity index (χ0v) is 51.5. The number of ether oxygens (including phenoxy) is 3. The van der Waals surface area contributed by atoms with Gasteiger partial charge in [0, 0.05) is 101 Å². The first-order chi connectivity index (χ1) is 40.0. The Kier molecular flexibility index (Phi) is 17.5. The van der Waals surface area contributed by atoms with E-state index in [1.807, 2.05) is 26.1 Å². The van der Waals surface area contributed by atoms with E-state index in [1.54, 1.807) is 24.3 Å². The van der Waals surface area contributed by atoms with Crippen LogP contribution in [0.25, 0.3) is 70.1 Å². The van der Waals surface area contributed by atoms with Gasteiger partial charge in [0.1, 0.15) is 31.7 Å². The van der Waals surface area contributed by atoms with Crippen LogP contribution in [0.3, 0.4) is 0 Å². The third-order valence-corrected chi connectivity index (χ3v) is 19.0. The maximum absolute atomic E-state index is 12.8. The van der Waals surface area contributed by atoms with Gasteiger partial charge in [0.05, 0.1) is 81.7 Å². The highest BCUT2D eigenvalue weighted by molar-refractivity contribution is 7.21. The molecule has 1 saturated heterocycles. The van der Waals surface area contributed by atoms with E-state index in [-0.39, 0.29) is 29.7 Å². The second-order valence-electron chi connectivity index (χ2n) is 19.4. The number of carbonyl (C=O) groups excluding carboxylic acids is 2. The Morgan fingerprint density at radius 1 is 0.554 bits per heavy atom. The number of nitrogens with two attached hydrogens (primary N) is 3. The highest BCUT2D eigenvalue weighted by Crippen LogP contribution is 2.50. The summed E-state index contributed by atoms with van der Waals surface area (Å²) < 4.78 is 17.0. The Balaban J connectivity index is 0.000000131. The topological polar surface area (TPSA) is 257 Å². The molecule has 83 heavy (non-hydrogen) atoms. The Hall–Kier alpha value is -6.24. The Labute approximate surface area is 518 Å². The largest absolute Gasteiger partial charge is 0.491 e. The average Bonchev–Trinajstić information content (AvgIpc) is 4.53. The predicted octanol–water partition coefficient (Wildman–Crippen LogP) is 12.7. The molecule has 0 radical (unpaired) electrons. The molecule has 10 heterocycles. The SMILES string of the molecule is C=C(NC)c1cc2c(-c3c(Cl)cc(Cl)c4c3CCO4)nc(N)nc2s1.CCCNC(=O)c1cc2c(-c3c(Cl)cc(Cl)c4c3CCO4)nc(N)nc2s1.Nc1nc(-c2c(Cl)cc(Cl)c3c2CCO3)c2cc(C(=O)NCCN3CCCC3)sc2n1. The lowest BCUT2D eigenvalue weighted by Gasteiger charge is -2.14. The molecule has 4 aliphatic heterocycles. The molecular weight excluding hydrogens is 1240 g/mol. The lowest BCUT2D eigenvalue weighted by atomic mass is 10.00. The van der Waals surface area contributed by atoms with Crippen molar-refractivity contribution >= 4 is 170 Å². The monoisotopic (exact) mass is 1290 g/mol. The molecule has 3 aromatic carbocycles. The summed E-state index contributed by atoms with van der Waals surface area (Å²) in [4.78, 5) is 58.0. The quantitative estimate of drug-likeness (QED) is 0.0665. The van der Waals surface area contributed by atoms with Crippen molar-refractivity contribution in [3.63, 3.8) is 0 Å². The van der Waals surface area contributed by atoms with Crippen LogP contribution in [0, 0.1) is 0 Å². The van der Waals surface area contributed by atoms with E-state index in [9.17, 15) is 9.59 Å². The van der Waals surface area contributed by atoms with E-state index >= 15 is 0 Å². The summed E-state index contributed by atoms with van der Waals surface area (Å²) in [5.41, 5.74) is 25.6. The van der Waals surface area contributed by atoms with Crippen LogP contribution in [0.4, 0.5) is 17.8 Å². The lowest BCUT2D eigenvalue weighted by Crippen LogP contribution is -2.33. The van der Waals surface area contributed by atoms with Crippen LogP contribution in [-0.4, -0.2) is 106 Å². The first-order valence-corrected chi connectivity index (χ1v) is 31.0. The molecule has 0 bridgehead atoms. The van der Waals surface area contributed by atoms with Gasteiger partial charge in [0.15, 0.2) is 0 Å². The average molecular weight is 1300 g/mol. The number of nitrogens with zero attached hydrogens (tertiary/aromatic N) is 7. The molecule has 13 rings (SSSR count). The van der Waals surface area contributed by atoms with E-state index in [4.69, 9.17) is 101 Å². The summed E-state index contributed by atoms with van der Waals surface area (Å²) in [6, 6.07) is 10.6. The normalized spacial score (nSPS) is 14.0. The molecule has 0 aliphatic carbocycles. The number of nitrogens with one attached hydrogen (secondary N) is 3. The number of hydrogen-bond acceptors (Lipinski definition) is 19. The van der Waals surface area contributed by atoms with E-state index in [0.717, 1.165) is 97.4 Å². The third kappa shape index (κ3) is 11.8. The van der Waals surface area contributed by atoms with E-state index in [1.165, 1.54) is 46.9 Å². The molecule has 1 fully saturated rings. The number of likely N-dealkylation sites (tertiary alicyclic amines) is 1. The first-order valence-electron chi connectivity index (χ1n) is 26.3. The maximum Gasteiger partial charge on any atom is 0.261 e. The molecule has 0 unspecified atom stereocenters. The molecule has 9 aromatic rings. The van der Waals surface area contributed by atoms with Gasteiger partial charge in [-0.15, -0.1) is 34.0 Å². The zero-order chi connectivity index (χ0) is 58.4. The number of hydrogen-bond donors (Lipinski definition) is 6. The molecule has 2 amide bonds. The van der Waals surface area contributed by atoms with Gasteiger partial charge in [-0.3, -0.25) is 9.59 Å². The zero-order valence-electron chi connectivity index (χ0n) is 44.5. The minimum absolute atomic E-state index is 0.123. The van der Waals surface area contributed by atoms with Crippen molar-refractivity contribution in [3.05, 3.63) is 104 Å². The number of benzene rings is 3. The molecule has 430 valence electrons. The fourth-order valence-corrected chi connectivity index (χ4v) is 15.2. The molecule has 0 saturated carbocycles. The van der Waals surface area contributed by atoms with Crippen molar-refractivity contribution < 1.29 is 23.8 Å². The third-order valence-electron chi connectivity index (χ3n) is 14.1. The van der Waals surface area contributed by atoms with Gasteiger partial charge in [-0.2, -0.15) is 0 Å². The van der Waals surface area contributed by atoms with Crippen molar-refractivity contribution in [2.24, 2.45) is 0 Å². The van der Waals surface area contributed by atoms with Gasteiger partial charge in [-0.05, 0) is 68.8 Å². The summed E-state index contributed by atoms with van der Waals surface area (Å²) in [6.07, 6.45) is 5.39. The smallest absolute Gasteiger partial charge is 0.261 e. The number of anilines is 3. The minimum Gasteiger partial charge on any atom is -0.491 e. The van der Waals surface area contributed by atoms with Crippen LogP contribution >= 0.6 is 104 Å². The van der Waals surface area contributed by atoms with Gasteiger partial charge in [0.2, 0.25) is 17.8 Å².